The molecule has 226 valence electrons. The Morgan fingerprint density at radius 3 is 2.52 bits per heavy atom. The molecule has 4 amide bonds. The van der Waals surface area contributed by atoms with Gasteiger partial charge < -0.3 is 15.5 Å². The van der Waals surface area contributed by atoms with Gasteiger partial charge in [-0.2, -0.15) is 0 Å². The van der Waals surface area contributed by atoms with Crippen molar-refractivity contribution in [1.82, 2.24) is 20.4 Å². The van der Waals surface area contributed by atoms with Crippen molar-refractivity contribution in [3.05, 3.63) is 70.2 Å². The number of carbonyl (C=O) groups is 4. The Balaban J connectivity index is 1.48. The van der Waals surface area contributed by atoms with Gasteiger partial charge in [-0.15, -0.1) is 0 Å². The van der Waals surface area contributed by atoms with Crippen molar-refractivity contribution in [2.45, 2.75) is 68.9 Å². The van der Waals surface area contributed by atoms with Crippen molar-refractivity contribution in [1.29, 1.82) is 0 Å². The number of halogens is 2. The first-order chi connectivity index (χ1) is 20.0. The quantitative estimate of drug-likeness (QED) is 0.196. The van der Waals surface area contributed by atoms with Crippen molar-refractivity contribution >= 4 is 57.8 Å². The van der Waals surface area contributed by atoms with Crippen LogP contribution >= 0.6 is 34.2 Å². The van der Waals surface area contributed by atoms with Crippen molar-refractivity contribution in [3.8, 4) is 0 Å². The Bertz CT molecular complexity index is 1300. The molecule has 2 fully saturated rings. The topological polar surface area (TPSA) is 98.8 Å². The number of nitrogens with one attached hydrogen (secondary N) is 2. The third kappa shape index (κ3) is 7.71. The van der Waals surface area contributed by atoms with E-state index in [2.05, 4.69) is 52.3 Å². The summed E-state index contributed by atoms with van der Waals surface area (Å²) in [5.41, 5.74) is 1.92. The standard InChI is InChI=1S/C32H40ClIN4O4/c1-4-21(22-8-6-5-7-9-22)20-37-14-12-25(19-35-29(40)23-10-11-24(18-34)26(33)16-23)36-27(30(37)41)13-15-38-28(39)17-32(2,3)31(38)42/h5-11,16,21,25,27,36H,4,12-15,17-20H2,1-3H3,(H,35,40)/t21-,25+,27+/m1/s1. The van der Waals surface area contributed by atoms with Crippen LogP contribution in [0.2, 0.25) is 5.02 Å². The van der Waals surface area contributed by atoms with Crippen LogP contribution in [0.25, 0.3) is 0 Å². The fourth-order valence-corrected chi connectivity index (χ4v) is 6.86. The maximum Gasteiger partial charge on any atom is 0.251 e. The number of hydrogen-bond donors (Lipinski definition) is 2. The van der Waals surface area contributed by atoms with Gasteiger partial charge >= 0.3 is 0 Å². The summed E-state index contributed by atoms with van der Waals surface area (Å²) in [4.78, 5) is 55.5. The average Bonchev–Trinajstić information content (AvgIpc) is 3.07. The fraction of sp³-hybridized carbons (Fsp3) is 0.500. The average molecular weight is 707 g/mol. The molecule has 2 aliphatic rings. The van der Waals surface area contributed by atoms with E-state index in [1.807, 2.05) is 29.2 Å². The highest BCUT2D eigenvalue weighted by Gasteiger charge is 2.45. The van der Waals surface area contributed by atoms with Gasteiger partial charge in [-0.3, -0.25) is 24.1 Å². The molecule has 4 rings (SSSR count). The van der Waals surface area contributed by atoms with E-state index in [0.29, 0.717) is 43.1 Å². The summed E-state index contributed by atoms with van der Waals surface area (Å²) in [6.07, 6.45) is 2.02. The van der Waals surface area contributed by atoms with Gasteiger partial charge in [0.1, 0.15) is 0 Å². The number of amides is 4. The second kappa shape index (κ2) is 14.3. The summed E-state index contributed by atoms with van der Waals surface area (Å²) >= 11 is 8.56. The van der Waals surface area contributed by atoms with E-state index in [1.54, 1.807) is 26.0 Å². The Kier molecular flexibility index (Phi) is 11.0. The van der Waals surface area contributed by atoms with Crippen molar-refractivity contribution in [2.75, 3.05) is 26.2 Å². The molecule has 2 heterocycles. The first-order valence-corrected chi connectivity index (χ1v) is 16.5. The highest BCUT2D eigenvalue weighted by atomic mass is 127. The van der Waals surface area contributed by atoms with Gasteiger partial charge in [-0.25, -0.2) is 0 Å². The number of hydrogen-bond acceptors (Lipinski definition) is 5. The molecule has 2 saturated heterocycles. The second-order valence-corrected chi connectivity index (χ2v) is 13.0. The zero-order valence-corrected chi connectivity index (χ0v) is 27.4. The molecule has 2 N–H and O–H groups in total. The lowest BCUT2D eigenvalue weighted by atomic mass is 9.92. The Morgan fingerprint density at radius 2 is 1.90 bits per heavy atom. The molecular weight excluding hydrogens is 667 g/mol. The summed E-state index contributed by atoms with van der Waals surface area (Å²) in [5, 5.41) is 7.02. The molecule has 0 unspecified atom stereocenters. The van der Waals surface area contributed by atoms with Crippen molar-refractivity contribution in [3.63, 3.8) is 0 Å². The van der Waals surface area contributed by atoms with E-state index in [-0.39, 0.29) is 48.6 Å². The summed E-state index contributed by atoms with van der Waals surface area (Å²) in [5.74, 6) is -0.485. The minimum absolute atomic E-state index is 0.0438. The monoisotopic (exact) mass is 706 g/mol. The Labute approximate surface area is 267 Å². The molecular formula is C32H40ClIN4O4. The van der Waals surface area contributed by atoms with Crippen LogP contribution in [0.1, 0.15) is 73.9 Å². The predicted molar refractivity (Wildman–Crippen MR) is 173 cm³/mol. The zero-order valence-electron chi connectivity index (χ0n) is 24.5. The SMILES string of the molecule is CC[C@H](CN1CC[C@@H](CNC(=O)c2ccc(CI)c(Cl)c2)N[C@@H](CCN2C(=O)CC(C)(C)C2=O)C1=O)c1ccccc1. The van der Waals surface area contributed by atoms with Gasteiger partial charge in [0, 0.05) is 59.6 Å². The number of alkyl halides is 1. The first-order valence-electron chi connectivity index (χ1n) is 14.6. The molecule has 2 aromatic rings. The summed E-state index contributed by atoms with van der Waals surface area (Å²) in [6, 6.07) is 14.7. The normalized spacial score (nSPS) is 21.4. The lowest BCUT2D eigenvalue weighted by Crippen LogP contribution is -2.50. The maximum atomic E-state index is 13.9. The number of likely N-dealkylation sites (tertiary alicyclic amines) is 1. The van der Waals surface area contributed by atoms with Crippen LogP contribution in [-0.2, 0) is 18.8 Å². The number of imide groups is 1. The molecule has 42 heavy (non-hydrogen) atoms. The fourth-order valence-electron chi connectivity index (χ4n) is 5.72. The molecule has 8 nitrogen and oxygen atoms in total. The largest absolute Gasteiger partial charge is 0.350 e. The smallest absolute Gasteiger partial charge is 0.251 e. The second-order valence-electron chi connectivity index (χ2n) is 11.9. The molecule has 0 aromatic heterocycles. The van der Waals surface area contributed by atoms with Gasteiger partial charge in [-0.1, -0.05) is 91.4 Å². The molecule has 0 bridgehead atoms. The summed E-state index contributed by atoms with van der Waals surface area (Å²) < 4.78 is 0.756. The van der Waals surface area contributed by atoms with Crippen LogP contribution < -0.4 is 10.6 Å². The predicted octanol–water partition coefficient (Wildman–Crippen LogP) is 4.93. The summed E-state index contributed by atoms with van der Waals surface area (Å²) in [7, 11) is 0. The van der Waals surface area contributed by atoms with Gasteiger partial charge in [0.25, 0.3) is 5.91 Å². The van der Waals surface area contributed by atoms with Gasteiger partial charge in [-0.05, 0) is 42.5 Å². The van der Waals surface area contributed by atoms with Crippen molar-refractivity contribution in [2.24, 2.45) is 5.41 Å². The molecule has 2 aliphatic heterocycles. The van der Waals surface area contributed by atoms with E-state index >= 15 is 0 Å². The molecule has 0 radical (unpaired) electrons. The molecule has 3 atom stereocenters. The van der Waals surface area contributed by atoms with Crippen LogP contribution in [-0.4, -0.2) is 71.7 Å². The van der Waals surface area contributed by atoms with Crippen LogP contribution in [0.15, 0.2) is 48.5 Å². The lowest BCUT2D eigenvalue weighted by molar-refractivity contribution is -0.142. The highest BCUT2D eigenvalue weighted by molar-refractivity contribution is 14.1. The Morgan fingerprint density at radius 1 is 1.17 bits per heavy atom. The molecule has 10 heteroatoms. The van der Waals surface area contributed by atoms with E-state index in [1.165, 1.54) is 10.5 Å². The molecule has 0 spiro atoms. The minimum Gasteiger partial charge on any atom is -0.350 e. The van der Waals surface area contributed by atoms with Crippen molar-refractivity contribution < 1.29 is 19.2 Å². The van der Waals surface area contributed by atoms with Gasteiger partial charge in [0.05, 0.1) is 11.5 Å². The lowest BCUT2D eigenvalue weighted by Gasteiger charge is -2.29. The van der Waals surface area contributed by atoms with Gasteiger partial charge in [0.15, 0.2) is 0 Å². The molecule has 0 saturated carbocycles. The summed E-state index contributed by atoms with van der Waals surface area (Å²) in [6.45, 7) is 7.30. The molecule has 0 aliphatic carbocycles. The van der Waals surface area contributed by atoms with Crippen LogP contribution in [0.5, 0.6) is 0 Å². The van der Waals surface area contributed by atoms with E-state index < -0.39 is 11.5 Å². The molecule has 2 aromatic carbocycles. The first kappa shape index (κ1) is 32.4. The number of rotatable bonds is 11. The van der Waals surface area contributed by atoms with E-state index in [9.17, 15) is 19.2 Å². The van der Waals surface area contributed by atoms with Crippen LogP contribution in [0, 0.1) is 5.41 Å². The van der Waals surface area contributed by atoms with Crippen LogP contribution in [0.4, 0.5) is 0 Å². The number of benzene rings is 2. The maximum absolute atomic E-state index is 13.9. The van der Waals surface area contributed by atoms with Crippen LogP contribution in [0.3, 0.4) is 0 Å². The number of nitrogens with zero attached hydrogens (tertiary/aromatic N) is 2. The Hall–Kier alpha value is -2.50. The highest BCUT2D eigenvalue weighted by Crippen LogP contribution is 2.32. The van der Waals surface area contributed by atoms with E-state index in [4.69, 9.17) is 11.6 Å². The minimum atomic E-state index is -0.724. The third-order valence-electron chi connectivity index (χ3n) is 8.33. The number of carbonyl (C=O) groups excluding carboxylic acids is 4. The third-order valence-corrected chi connectivity index (χ3v) is 9.50. The van der Waals surface area contributed by atoms with Gasteiger partial charge in [0.2, 0.25) is 17.7 Å². The van der Waals surface area contributed by atoms with E-state index in [0.717, 1.165) is 16.4 Å². The zero-order chi connectivity index (χ0) is 30.4.